The molecule has 7 heteroatoms. The summed E-state index contributed by atoms with van der Waals surface area (Å²) in [5, 5.41) is 0. The molecule has 1 aliphatic rings. The summed E-state index contributed by atoms with van der Waals surface area (Å²) < 4.78 is 37.9. The Morgan fingerprint density at radius 2 is 2.11 bits per heavy atom. The van der Waals surface area contributed by atoms with Crippen LogP contribution in [0.4, 0.5) is 19.0 Å². The summed E-state index contributed by atoms with van der Waals surface area (Å²) in [4.78, 5) is 5.62. The number of alkyl halides is 3. The van der Waals surface area contributed by atoms with Crippen molar-refractivity contribution in [2.45, 2.75) is 32.0 Å². The van der Waals surface area contributed by atoms with Gasteiger partial charge in [0.05, 0.1) is 0 Å². The maximum Gasteiger partial charge on any atom is 0.405 e. The van der Waals surface area contributed by atoms with Gasteiger partial charge in [-0.05, 0) is 31.9 Å². The van der Waals surface area contributed by atoms with Crippen LogP contribution < -0.4 is 10.6 Å². The summed E-state index contributed by atoms with van der Waals surface area (Å²) in [6.45, 7) is 0.717. The Labute approximate surface area is 114 Å². The van der Waals surface area contributed by atoms with Crippen LogP contribution in [0.3, 0.4) is 0 Å². The van der Waals surface area contributed by atoms with Crippen molar-refractivity contribution in [1.82, 2.24) is 4.98 Å². The van der Waals surface area contributed by atoms with E-state index in [4.69, 9.17) is 18.0 Å². The van der Waals surface area contributed by atoms with E-state index < -0.39 is 12.7 Å². The molecule has 0 atom stereocenters. The van der Waals surface area contributed by atoms with E-state index in [9.17, 15) is 13.2 Å². The van der Waals surface area contributed by atoms with E-state index in [1.54, 1.807) is 13.0 Å². The zero-order chi connectivity index (χ0) is 14.2. The Morgan fingerprint density at radius 1 is 1.47 bits per heavy atom. The number of nitrogens with zero attached hydrogens (tertiary/aromatic N) is 2. The van der Waals surface area contributed by atoms with Gasteiger partial charge in [0.1, 0.15) is 17.4 Å². The summed E-state index contributed by atoms with van der Waals surface area (Å²) in [6.07, 6.45) is -2.74. The minimum Gasteiger partial charge on any atom is -0.389 e. The largest absolute Gasteiger partial charge is 0.405 e. The molecular weight excluding hydrogens is 275 g/mol. The van der Waals surface area contributed by atoms with Crippen LogP contribution in [-0.4, -0.2) is 28.7 Å². The molecule has 1 fully saturated rings. The first-order valence-corrected chi connectivity index (χ1v) is 6.29. The molecule has 0 amide bonds. The fourth-order valence-electron chi connectivity index (χ4n) is 1.92. The van der Waals surface area contributed by atoms with E-state index in [-0.39, 0.29) is 11.0 Å². The lowest BCUT2D eigenvalue weighted by Gasteiger charge is -2.25. The highest BCUT2D eigenvalue weighted by atomic mass is 32.1. The van der Waals surface area contributed by atoms with Gasteiger partial charge in [-0.1, -0.05) is 12.2 Å². The standard InChI is InChI=1S/C12H14F3N3S/c1-7-4-8(11(16)19)5-10(17-7)18(9-2-3-9)6-12(13,14)15/h4-5,9H,2-3,6H2,1H3,(H2,16,19). The van der Waals surface area contributed by atoms with Crippen molar-refractivity contribution in [2.75, 3.05) is 11.4 Å². The lowest BCUT2D eigenvalue weighted by molar-refractivity contribution is -0.120. The SMILES string of the molecule is Cc1cc(C(N)=S)cc(N(CC(F)(F)F)C2CC2)n1. The van der Waals surface area contributed by atoms with Gasteiger partial charge in [-0.2, -0.15) is 13.2 Å². The average molecular weight is 289 g/mol. The molecule has 1 heterocycles. The van der Waals surface area contributed by atoms with Gasteiger partial charge in [0.15, 0.2) is 0 Å². The number of anilines is 1. The third kappa shape index (κ3) is 3.79. The molecule has 1 saturated carbocycles. The molecule has 104 valence electrons. The van der Waals surface area contributed by atoms with Crippen LogP contribution >= 0.6 is 12.2 Å². The van der Waals surface area contributed by atoms with Gasteiger partial charge in [0.25, 0.3) is 0 Å². The molecule has 2 rings (SSSR count). The molecular formula is C12H14F3N3S. The zero-order valence-corrected chi connectivity index (χ0v) is 11.2. The maximum absolute atomic E-state index is 12.6. The highest BCUT2D eigenvalue weighted by Crippen LogP contribution is 2.33. The highest BCUT2D eigenvalue weighted by molar-refractivity contribution is 7.80. The highest BCUT2D eigenvalue weighted by Gasteiger charge is 2.38. The minimum atomic E-state index is -4.25. The number of hydrogen-bond donors (Lipinski definition) is 1. The Morgan fingerprint density at radius 3 is 2.58 bits per heavy atom. The third-order valence-corrected chi connectivity index (χ3v) is 3.09. The Kier molecular flexibility index (Phi) is 3.66. The summed E-state index contributed by atoms with van der Waals surface area (Å²) in [5.41, 5.74) is 6.68. The number of rotatable bonds is 4. The normalized spacial score (nSPS) is 15.4. The van der Waals surface area contributed by atoms with E-state index in [1.165, 1.54) is 11.0 Å². The van der Waals surface area contributed by atoms with Crippen LogP contribution in [0, 0.1) is 6.92 Å². The lowest BCUT2D eigenvalue weighted by Crippen LogP contribution is -2.36. The van der Waals surface area contributed by atoms with Gasteiger partial charge in [-0.15, -0.1) is 0 Å². The van der Waals surface area contributed by atoms with Gasteiger partial charge < -0.3 is 10.6 Å². The van der Waals surface area contributed by atoms with Crippen LogP contribution in [0.5, 0.6) is 0 Å². The van der Waals surface area contributed by atoms with Crippen molar-refractivity contribution in [2.24, 2.45) is 5.73 Å². The van der Waals surface area contributed by atoms with Crippen molar-refractivity contribution in [3.05, 3.63) is 23.4 Å². The monoisotopic (exact) mass is 289 g/mol. The first kappa shape index (κ1) is 14.0. The molecule has 1 aliphatic carbocycles. The van der Waals surface area contributed by atoms with Crippen molar-refractivity contribution < 1.29 is 13.2 Å². The molecule has 1 aromatic rings. The van der Waals surface area contributed by atoms with Crippen LogP contribution in [-0.2, 0) is 0 Å². The second kappa shape index (κ2) is 4.96. The molecule has 0 aromatic carbocycles. The number of hydrogen-bond acceptors (Lipinski definition) is 3. The van der Waals surface area contributed by atoms with Gasteiger partial charge >= 0.3 is 6.18 Å². The van der Waals surface area contributed by atoms with E-state index in [0.29, 0.717) is 17.1 Å². The maximum atomic E-state index is 12.6. The van der Waals surface area contributed by atoms with E-state index in [1.807, 2.05) is 0 Å². The average Bonchev–Trinajstić information content (AvgIpc) is 3.07. The zero-order valence-electron chi connectivity index (χ0n) is 10.4. The Hall–Kier alpha value is -1.37. The second-order valence-electron chi connectivity index (χ2n) is 4.69. The summed E-state index contributed by atoms with van der Waals surface area (Å²) in [5.74, 6) is 0.294. The van der Waals surface area contributed by atoms with Gasteiger partial charge in [0, 0.05) is 17.3 Å². The number of pyridine rings is 1. The minimum absolute atomic E-state index is 0.0879. The molecule has 3 nitrogen and oxygen atoms in total. The molecule has 0 saturated heterocycles. The third-order valence-electron chi connectivity index (χ3n) is 2.86. The molecule has 0 bridgehead atoms. The van der Waals surface area contributed by atoms with E-state index in [0.717, 1.165) is 12.8 Å². The predicted molar refractivity (Wildman–Crippen MR) is 71.3 cm³/mol. The molecule has 19 heavy (non-hydrogen) atoms. The molecule has 0 radical (unpaired) electrons. The fourth-order valence-corrected chi connectivity index (χ4v) is 2.03. The van der Waals surface area contributed by atoms with Crippen LogP contribution in [0.2, 0.25) is 0 Å². The van der Waals surface area contributed by atoms with Crippen molar-refractivity contribution in [3.63, 3.8) is 0 Å². The number of nitrogens with two attached hydrogens (primary N) is 1. The van der Waals surface area contributed by atoms with Crippen molar-refractivity contribution in [3.8, 4) is 0 Å². The van der Waals surface area contributed by atoms with Crippen LogP contribution in [0.15, 0.2) is 12.1 Å². The first-order chi connectivity index (χ1) is 8.76. The van der Waals surface area contributed by atoms with Gasteiger partial charge in [-0.25, -0.2) is 4.98 Å². The summed E-state index contributed by atoms with van der Waals surface area (Å²) in [6, 6.07) is 3.11. The number of aromatic nitrogens is 1. The number of halogens is 3. The van der Waals surface area contributed by atoms with Crippen LogP contribution in [0.1, 0.15) is 24.1 Å². The van der Waals surface area contributed by atoms with E-state index >= 15 is 0 Å². The van der Waals surface area contributed by atoms with E-state index in [2.05, 4.69) is 4.98 Å². The lowest BCUT2D eigenvalue weighted by atomic mass is 10.2. The van der Waals surface area contributed by atoms with Crippen molar-refractivity contribution in [1.29, 1.82) is 0 Å². The molecule has 1 aromatic heterocycles. The summed E-state index contributed by atoms with van der Waals surface area (Å²) in [7, 11) is 0. The quantitative estimate of drug-likeness (QED) is 0.865. The van der Waals surface area contributed by atoms with Gasteiger partial charge in [0.2, 0.25) is 0 Å². The van der Waals surface area contributed by atoms with Crippen LogP contribution in [0.25, 0.3) is 0 Å². The fraction of sp³-hybridized carbons (Fsp3) is 0.500. The molecule has 0 unspecified atom stereocenters. The Bertz CT molecular complexity index is 497. The predicted octanol–water partition coefficient (Wildman–Crippen LogP) is 2.56. The number of thiocarbonyl (C=S) groups is 1. The van der Waals surface area contributed by atoms with Crippen molar-refractivity contribution >= 4 is 23.0 Å². The number of aryl methyl sites for hydroxylation is 1. The van der Waals surface area contributed by atoms with Gasteiger partial charge in [-0.3, -0.25) is 0 Å². The smallest absolute Gasteiger partial charge is 0.389 e. The topological polar surface area (TPSA) is 42.1 Å². The summed E-state index contributed by atoms with van der Waals surface area (Å²) >= 11 is 4.87. The first-order valence-electron chi connectivity index (χ1n) is 5.88. The second-order valence-corrected chi connectivity index (χ2v) is 5.13. The molecule has 0 aliphatic heterocycles. The Balaban J connectivity index is 2.33. The molecule has 0 spiro atoms. The molecule has 2 N–H and O–H groups in total.